The lowest BCUT2D eigenvalue weighted by atomic mass is 10.1. The standard InChI is InChI=1S/C16H17BrO2/c1-12-9-15(17)10-14(11-18)16(12)19-8-7-13-5-3-2-4-6-13/h2-6,9-10,18H,7-8,11H2,1H3. The highest BCUT2D eigenvalue weighted by Crippen LogP contribution is 2.28. The van der Waals surface area contributed by atoms with Crippen LogP contribution in [-0.4, -0.2) is 11.7 Å². The lowest BCUT2D eigenvalue weighted by Gasteiger charge is -2.13. The van der Waals surface area contributed by atoms with Gasteiger partial charge in [-0.25, -0.2) is 0 Å². The van der Waals surface area contributed by atoms with E-state index in [0.29, 0.717) is 6.61 Å². The number of aliphatic hydroxyl groups is 1. The zero-order chi connectivity index (χ0) is 13.7. The Kier molecular flexibility index (Phi) is 5.00. The second-order valence-electron chi connectivity index (χ2n) is 4.45. The summed E-state index contributed by atoms with van der Waals surface area (Å²) in [6.07, 6.45) is 0.862. The van der Waals surface area contributed by atoms with E-state index in [0.717, 1.165) is 27.8 Å². The van der Waals surface area contributed by atoms with Crippen molar-refractivity contribution >= 4 is 15.9 Å². The molecule has 0 aliphatic heterocycles. The van der Waals surface area contributed by atoms with E-state index < -0.39 is 0 Å². The molecule has 0 spiro atoms. The third-order valence-electron chi connectivity index (χ3n) is 2.97. The Hall–Kier alpha value is -1.32. The Bertz CT molecular complexity index is 538. The summed E-state index contributed by atoms with van der Waals surface area (Å²) in [6.45, 7) is 2.59. The van der Waals surface area contributed by atoms with Crippen LogP contribution in [-0.2, 0) is 13.0 Å². The van der Waals surface area contributed by atoms with Crippen LogP contribution in [0.5, 0.6) is 5.75 Å². The largest absolute Gasteiger partial charge is 0.493 e. The summed E-state index contributed by atoms with van der Waals surface area (Å²) in [5.41, 5.74) is 3.11. The van der Waals surface area contributed by atoms with Crippen LogP contribution in [0.4, 0.5) is 0 Å². The summed E-state index contributed by atoms with van der Waals surface area (Å²) >= 11 is 3.43. The first kappa shape index (κ1) is 14.1. The highest BCUT2D eigenvalue weighted by Gasteiger charge is 2.08. The summed E-state index contributed by atoms with van der Waals surface area (Å²) in [5, 5.41) is 9.38. The molecule has 2 aromatic rings. The van der Waals surface area contributed by atoms with E-state index in [2.05, 4.69) is 28.1 Å². The molecule has 0 bridgehead atoms. The average molecular weight is 321 g/mol. The molecule has 1 N–H and O–H groups in total. The van der Waals surface area contributed by atoms with Crippen LogP contribution >= 0.6 is 15.9 Å². The molecule has 2 aromatic carbocycles. The van der Waals surface area contributed by atoms with E-state index in [1.54, 1.807) is 0 Å². The molecule has 0 amide bonds. The van der Waals surface area contributed by atoms with Gasteiger partial charge in [-0.05, 0) is 30.2 Å². The van der Waals surface area contributed by atoms with Crippen molar-refractivity contribution in [3.05, 3.63) is 63.6 Å². The molecule has 0 atom stereocenters. The smallest absolute Gasteiger partial charge is 0.127 e. The van der Waals surface area contributed by atoms with E-state index in [-0.39, 0.29) is 6.61 Å². The fourth-order valence-corrected chi connectivity index (χ4v) is 2.66. The number of hydrogen-bond acceptors (Lipinski definition) is 2. The first-order valence-corrected chi connectivity index (χ1v) is 7.06. The maximum absolute atomic E-state index is 9.38. The van der Waals surface area contributed by atoms with Gasteiger partial charge in [-0.3, -0.25) is 0 Å². The van der Waals surface area contributed by atoms with E-state index in [4.69, 9.17) is 4.74 Å². The zero-order valence-corrected chi connectivity index (χ0v) is 12.5. The zero-order valence-electron chi connectivity index (χ0n) is 10.9. The topological polar surface area (TPSA) is 29.5 Å². The minimum atomic E-state index is -0.0129. The van der Waals surface area contributed by atoms with E-state index in [1.165, 1.54) is 5.56 Å². The highest BCUT2D eigenvalue weighted by atomic mass is 79.9. The molecular formula is C16H17BrO2. The van der Waals surface area contributed by atoms with Gasteiger partial charge >= 0.3 is 0 Å². The second kappa shape index (κ2) is 6.73. The SMILES string of the molecule is Cc1cc(Br)cc(CO)c1OCCc1ccccc1. The van der Waals surface area contributed by atoms with Gasteiger partial charge in [0.1, 0.15) is 5.75 Å². The van der Waals surface area contributed by atoms with E-state index >= 15 is 0 Å². The Morgan fingerprint density at radius 1 is 1.16 bits per heavy atom. The van der Waals surface area contributed by atoms with Gasteiger partial charge in [0.15, 0.2) is 0 Å². The van der Waals surface area contributed by atoms with Crippen molar-refractivity contribution in [3.8, 4) is 5.75 Å². The first-order valence-electron chi connectivity index (χ1n) is 6.27. The van der Waals surface area contributed by atoms with Crippen molar-refractivity contribution in [2.45, 2.75) is 20.0 Å². The van der Waals surface area contributed by atoms with Crippen LogP contribution in [0.15, 0.2) is 46.9 Å². The average Bonchev–Trinajstić information content (AvgIpc) is 2.42. The lowest BCUT2D eigenvalue weighted by molar-refractivity contribution is 0.263. The summed E-state index contributed by atoms with van der Waals surface area (Å²) in [5.74, 6) is 0.793. The molecule has 0 unspecified atom stereocenters. The van der Waals surface area contributed by atoms with Crippen LogP contribution in [0, 0.1) is 6.92 Å². The third kappa shape index (κ3) is 3.82. The molecule has 0 radical (unpaired) electrons. The van der Waals surface area contributed by atoms with Gasteiger partial charge in [-0.2, -0.15) is 0 Å². The van der Waals surface area contributed by atoms with Crippen LogP contribution in [0.3, 0.4) is 0 Å². The molecule has 19 heavy (non-hydrogen) atoms. The fraction of sp³-hybridized carbons (Fsp3) is 0.250. The number of rotatable bonds is 5. The van der Waals surface area contributed by atoms with Crippen molar-refractivity contribution < 1.29 is 9.84 Å². The predicted molar refractivity (Wildman–Crippen MR) is 80.4 cm³/mol. The van der Waals surface area contributed by atoms with Gasteiger partial charge in [0.05, 0.1) is 13.2 Å². The van der Waals surface area contributed by atoms with Gasteiger partial charge in [0, 0.05) is 16.5 Å². The normalized spacial score (nSPS) is 10.5. The Morgan fingerprint density at radius 3 is 2.58 bits per heavy atom. The van der Waals surface area contributed by atoms with Crippen molar-refractivity contribution in [2.75, 3.05) is 6.61 Å². The molecule has 3 heteroatoms. The van der Waals surface area contributed by atoms with Crippen molar-refractivity contribution in [2.24, 2.45) is 0 Å². The molecule has 100 valence electrons. The molecule has 0 saturated heterocycles. The van der Waals surface area contributed by atoms with Crippen molar-refractivity contribution in [1.29, 1.82) is 0 Å². The number of hydrogen-bond donors (Lipinski definition) is 1. The summed E-state index contributed by atoms with van der Waals surface area (Å²) in [4.78, 5) is 0. The first-order chi connectivity index (χ1) is 9.20. The van der Waals surface area contributed by atoms with Crippen LogP contribution in [0.1, 0.15) is 16.7 Å². The maximum Gasteiger partial charge on any atom is 0.127 e. The number of halogens is 1. The number of benzene rings is 2. The Balaban J connectivity index is 2.03. The predicted octanol–water partition coefficient (Wildman–Crippen LogP) is 3.87. The minimum Gasteiger partial charge on any atom is -0.493 e. The van der Waals surface area contributed by atoms with E-state index in [1.807, 2.05) is 37.3 Å². The van der Waals surface area contributed by atoms with Gasteiger partial charge < -0.3 is 9.84 Å². The highest BCUT2D eigenvalue weighted by molar-refractivity contribution is 9.10. The molecule has 0 aromatic heterocycles. The van der Waals surface area contributed by atoms with Crippen molar-refractivity contribution in [1.82, 2.24) is 0 Å². The lowest BCUT2D eigenvalue weighted by Crippen LogP contribution is -2.05. The molecular weight excluding hydrogens is 304 g/mol. The summed E-state index contributed by atoms with van der Waals surface area (Å²) < 4.78 is 6.80. The van der Waals surface area contributed by atoms with Crippen molar-refractivity contribution in [3.63, 3.8) is 0 Å². The monoisotopic (exact) mass is 320 g/mol. The molecule has 0 aliphatic rings. The summed E-state index contributed by atoms with van der Waals surface area (Å²) in [7, 11) is 0. The van der Waals surface area contributed by atoms with Gasteiger partial charge in [-0.15, -0.1) is 0 Å². The Labute approximate surface area is 122 Å². The van der Waals surface area contributed by atoms with Gasteiger partial charge in [0.2, 0.25) is 0 Å². The van der Waals surface area contributed by atoms with Gasteiger partial charge in [0.25, 0.3) is 0 Å². The third-order valence-corrected chi connectivity index (χ3v) is 3.42. The number of aliphatic hydroxyl groups excluding tert-OH is 1. The Morgan fingerprint density at radius 2 is 1.89 bits per heavy atom. The quantitative estimate of drug-likeness (QED) is 0.906. The maximum atomic E-state index is 9.38. The molecule has 0 aliphatic carbocycles. The molecule has 0 saturated carbocycles. The molecule has 0 heterocycles. The van der Waals surface area contributed by atoms with Crippen LogP contribution in [0.2, 0.25) is 0 Å². The molecule has 0 fully saturated rings. The number of aryl methyl sites for hydroxylation is 1. The minimum absolute atomic E-state index is 0.0129. The van der Waals surface area contributed by atoms with E-state index in [9.17, 15) is 5.11 Å². The van der Waals surface area contributed by atoms with Crippen LogP contribution in [0.25, 0.3) is 0 Å². The number of ether oxygens (including phenoxy) is 1. The van der Waals surface area contributed by atoms with Gasteiger partial charge in [-0.1, -0.05) is 46.3 Å². The second-order valence-corrected chi connectivity index (χ2v) is 5.37. The fourth-order valence-electron chi connectivity index (χ4n) is 2.04. The summed E-state index contributed by atoms with van der Waals surface area (Å²) in [6, 6.07) is 14.1. The molecule has 2 nitrogen and oxygen atoms in total. The van der Waals surface area contributed by atoms with Crippen LogP contribution < -0.4 is 4.74 Å². The molecule has 2 rings (SSSR count).